The lowest BCUT2D eigenvalue weighted by Gasteiger charge is -2.30. The van der Waals surface area contributed by atoms with Gasteiger partial charge in [0.1, 0.15) is 0 Å². The fourth-order valence-corrected chi connectivity index (χ4v) is 2.75. The number of hydrogen-bond donors (Lipinski definition) is 2. The van der Waals surface area contributed by atoms with E-state index in [-0.39, 0.29) is 0 Å². The molecule has 20 heavy (non-hydrogen) atoms. The first-order valence-corrected chi connectivity index (χ1v) is 7.11. The van der Waals surface area contributed by atoms with Gasteiger partial charge in [0.05, 0.1) is 0 Å². The Kier molecular flexibility index (Phi) is 3.44. The number of piperazine rings is 1. The van der Waals surface area contributed by atoms with Crippen LogP contribution in [0.2, 0.25) is 0 Å². The first-order valence-electron chi connectivity index (χ1n) is 7.11. The van der Waals surface area contributed by atoms with Crippen molar-refractivity contribution in [2.75, 3.05) is 24.5 Å². The molecule has 1 aliphatic rings. The largest absolute Gasteiger partial charge is 0.337 e. The number of aromatic nitrogens is 3. The molecule has 0 aliphatic carbocycles. The van der Waals surface area contributed by atoms with E-state index in [0.717, 1.165) is 37.0 Å². The summed E-state index contributed by atoms with van der Waals surface area (Å²) in [4.78, 5) is 6.88. The fraction of sp³-hybridized carbons (Fsp3) is 0.467. The Bertz CT molecular complexity index is 584. The summed E-state index contributed by atoms with van der Waals surface area (Å²) in [5.41, 5.74) is 3.59. The van der Waals surface area contributed by atoms with E-state index in [1.165, 1.54) is 11.1 Å². The van der Waals surface area contributed by atoms with Crippen molar-refractivity contribution in [1.29, 1.82) is 0 Å². The van der Waals surface area contributed by atoms with E-state index in [0.29, 0.717) is 6.04 Å². The van der Waals surface area contributed by atoms with Gasteiger partial charge in [-0.05, 0) is 32.9 Å². The summed E-state index contributed by atoms with van der Waals surface area (Å²) < 4.78 is 0. The van der Waals surface area contributed by atoms with Gasteiger partial charge in [0.2, 0.25) is 5.95 Å². The molecule has 106 valence electrons. The maximum Gasteiger partial charge on any atom is 0.245 e. The summed E-state index contributed by atoms with van der Waals surface area (Å²) in [6.07, 6.45) is 0. The molecule has 0 spiro atoms. The molecule has 5 heteroatoms. The molecule has 1 aromatic carbocycles. The third-order valence-electron chi connectivity index (χ3n) is 3.62. The van der Waals surface area contributed by atoms with Crippen LogP contribution < -0.4 is 10.2 Å². The molecule has 1 saturated heterocycles. The van der Waals surface area contributed by atoms with E-state index in [1.54, 1.807) is 0 Å². The molecule has 1 fully saturated rings. The van der Waals surface area contributed by atoms with Crippen molar-refractivity contribution in [3.63, 3.8) is 0 Å². The minimum Gasteiger partial charge on any atom is -0.337 e. The number of aromatic amines is 1. The maximum atomic E-state index is 4.65. The van der Waals surface area contributed by atoms with Crippen LogP contribution in [0.3, 0.4) is 0 Å². The molecular weight excluding hydrogens is 250 g/mol. The fourth-order valence-electron chi connectivity index (χ4n) is 2.75. The van der Waals surface area contributed by atoms with Crippen molar-refractivity contribution >= 4 is 5.95 Å². The van der Waals surface area contributed by atoms with Crippen LogP contribution in [0.15, 0.2) is 18.2 Å². The third-order valence-corrected chi connectivity index (χ3v) is 3.62. The molecule has 3 rings (SSSR count). The zero-order chi connectivity index (χ0) is 14.1. The van der Waals surface area contributed by atoms with Crippen LogP contribution in [0.4, 0.5) is 5.95 Å². The van der Waals surface area contributed by atoms with Crippen molar-refractivity contribution < 1.29 is 0 Å². The van der Waals surface area contributed by atoms with Crippen LogP contribution in [0.25, 0.3) is 11.4 Å². The van der Waals surface area contributed by atoms with Gasteiger partial charge in [0.15, 0.2) is 5.82 Å². The van der Waals surface area contributed by atoms with Crippen molar-refractivity contribution in [2.24, 2.45) is 0 Å². The number of nitrogens with one attached hydrogen (secondary N) is 2. The molecule has 1 aromatic heterocycles. The highest BCUT2D eigenvalue weighted by Crippen LogP contribution is 2.21. The van der Waals surface area contributed by atoms with E-state index in [2.05, 4.69) is 64.4 Å². The van der Waals surface area contributed by atoms with Crippen molar-refractivity contribution in [3.05, 3.63) is 29.3 Å². The van der Waals surface area contributed by atoms with Gasteiger partial charge < -0.3 is 10.2 Å². The first kappa shape index (κ1) is 13.1. The number of hydrogen-bond acceptors (Lipinski definition) is 4. The second-order valence-corrected chi connectivity index (χ2v) is 5.66. The molecule has 1 aliphatic heterocycles. The monoisotopic (exact) mass is 271 g/mol. The quantitative estimate of drug-likeness (QED) is 0.875. The molecule has 2 heterocycles. The number of aryl methyl sites for hydroxylation is 2. The van der Waals surface area contributed by atoms with Crippen molar-refractivity contribution in [2.45, 2.75) is 26.8 Å². The SMILES string of the molecule is Cc1cc(C)cc(-c2nc(N3CCNC(C)C3)n[nH]2)c1. The molecule has 1 atom stereocenters. The lowest BCUT2D eigenvalue weighted by Crippen LogP contribution is -2.49. The van der Waals surface area contributed by atoms with Crippen LogP contribution in [0.5, 0.6) is 0 Å². The van der Waals surface area contributed by atoms with E-state index >= 15 is 0 Å². The highest BCUT2D eigenvalue weighted by molar-refractivity contribution is 5.58. The van der Waals surface area contributed by atoms with Crippen molar-refractivity contribution in [1.82, 2.24) is 20.5 Å². The average Bonchev–Trinajstić information content (AvgIpc) is 2.87. The molecule has 0 saturated carbocycles. The normalized spacial score (nSPS) is 19.4. The molecule has 5 nitrogen and oxygen atoms in total. The van der Waals surface area contributed by atoms with Gasteiger partial charge in [-0.3, -0.25) is 5.10 Å². The lowest BCUT2D eigenvalue weighted by atomic mass is 10.1. The molecule has 2 aromatic rings. The van der Waals surface area contributed by atoms with Crippen LogP contribution in [0, 0.1) is 13.8 Å². The summed E-state index contributed by atoms with van der Waals surface area (Å²) in [6.45, 7) is 9.27. The number of nitrogens with zero attached hydrogens (tertiary/aromatic N) is 3. The van der Waals surface area contributed by atoms with Crippen LogP contribution in [-0.4, -0.2) is 40.9 Å². The number of rotatable bonds is 2. The summed E-state index contributed by atoms with van der Waals surface area (Å²) >= 11 is 0. The summed E-state index contributed by atoms with van der Waals surface area (Å²) in [7, 11) is 0. The van der Waals surface area contributed by atoms with E-state index in [4.69, 9.17) is 0 Å². The number of benzene rings is 1. The summed E-state index contributed by atoms with van der Waals surface area (Å²) in [6, 6.07) is 6.92. The zero-order valence-corrected chi connectivity index (χ0v) is 12.3. The molecule has 1 unspecified atom stereocenters. The molecule has 0 amide bonds. The van der Waals surface area contributed by atoms with E-state index in [1.807, 2.05) is 0 Å². The number of anilines is 1. The smallest absolute Gasteiger partial charge is 0.245 e. The van der Waals surface area contributed by atoms with E-state index in [9.17, 15) is 0 Å². The molecule has 0 bridgehead atoms. The number of H-pyrrole nitrogens is 1. The minimum atomic E-state index is 0.479. The van der Waals surface area contributed by atoms with Crippen LogP contribution in [0.1, 0.15) is 18.1 Å². The zero-order valence-electron chi connectivity index (χ0n) is 12.3. The molecule has 2 N–H and O–H groups in total. The Morgan fingerprint density at radius 2 is 1.95 bits per heavy atom. The second-order valence-electron chi connectivity index (χ2n) is 5.66. The second kappa shape index (κ2) is 5.25. The summed E-state index contributed by atoms with van der Waals surface area (Å²) in [5, 5.41) is 10.9. The Morgan fingerprint density at radius 1 is 1.20 bits per heavy atom. The Hall–Kier alpha value is -1.88. The standard InChI is InChI=1S/C15H21N5/c1-10-6-11(2)8-13(7-10)14-17-15(19-18-14)20-5-4-16-12(3)9-20/h6-8,12,16H,4-5,9H2,1-3H3,(H,17,18,19). The van der Waals surface area contributed by atoms with Gasteiger partial charge in [0.25, 0.3) is 0 Å². The van der Waals surface area contributed by atoms with Gasteiger partial charge in [-0.1, -0.05) is 17.2 Å². The summed E-state index contributed by atoms with van der Waals surface area (Å²) in [5.74, 6) is 1.64. The van der Waals surface area contributed by atoms with Crippen LogP contribution >= 0.6 is 0 Å². The third kappa shape index (κ3) is 2.67. The predicted molar refractivity (Wildman–Crippen MR) is 81.0 cm³/mol. The van der Waals surface area contributed by atoms with Crippen molar-refractivity contribution in [3.8, 4) is 11.4 Å². The van der Waals surface area contributed by atoms with E-state index < -0.39 is 0 Å². The predicted octanol–water partition coefficient (Wildman–Crippen LogP) is 1.89. The van der Waals surface area contributed by atoms with Gasteiger partial charge in [-0.25, -0.2) is 0 Å². The highest BCUT2D eigenvalue weighted by Gasteiger charge is 2.19. The molecular formula is C15H21N5. The average molecular weight is 271 g/mol. The van der Waals surface area contributed by atoms with Gasteiger partial charge >= 0.3 is 0 Å². The van der Waals surface area contributed by atoms with Gasteiger partial charge in [-0.2, -0.15) is 4.98 Å². The molecule has 0 radical (unpaired) electrons. The van der Waals surface area contributed by atoms with Crippen LogP contribution in [-0.2, 0) is 0 Å². The Balaban J connectivity index is 1.86. The van der Waals surface area contributed by atoms with Gasteiger partial charge in [-0.15, -0.1) is 5.10 Å². The van der Waals surface area contributed by atoms with Gasteiger partial charge in [0, 0.05) is 31.2 Å². The Labute approximate surface area is 119 Å². The minimum absolute atomic E-state index is 0.479. The maximum absolute atomic E-state index is 4.65. The lowest BCUT2D eigenvalue weighted by molar-refractivity contribution is 0.480. The Morgan fingerprint density at radius 3 is 2.65 bits per heavy atom. The first-order chi connectivity index (χ1) is 9.61. The topological polar surface area (TPSA) is 56.8 Å². The highest BCUT2D eigenvalue weighted by atomic mass is 15.4.